The predicted molar refractivity (Wildman–Crippen MR) is 55.6 cm³/mol. The van der Waals surface area contributed by atoms with Crippen LogP contribution < -0.4 is 5.32 Å². The highest BCUT2D eigenvalue weighted by molar-refractivity contribution is 5.29. The number of nitrogens with one attached hydrogen (secondary N) is 1. The number of hydrogen-bond donors (Lipinski definition) is 1. The van der Waals surface area contributed by atoms with E-state index in [-0.39, 0.29) is 0 Å². The van der Waals surface area contributed by atoms with Crippen LogP contribution in [0.5, 0.6) is 0 Å². The molecule has 1 heteroatoms. The zero-order valence-corrected chi connectivity index (χ0v) is 8.38. The van der Waals surface area contributed by atoms with Gasteiger partial charge in [0.1, 0.15) is 0 Å². The van der Waals surface area contributed by atoms with Crippen LogP contribution in [0.15, 0.2) is 24.3 Å². The molecule has 70 valence electrons. The zero-order chi connectivity index (χ0) is 9.26. The number of hydrogen-bond acceptors (Lipinski definition) is 1. The molecule has 1 aromatic rings. The fourth-order valence-corrected chi connectivity index (χ4v) is 1.95. The summed E-state index contributed by atoms with van der Waals surface area (Å²) in [6.07, 6.45) is 1.19. The van der Waals surface area contributed by atoms with Crippen molar-refractivity contribution in [2.24, 2.45) is 5.92 Å². The maximum Gasteiger partial charge on any atom is 0.0211 e. The Hall–Kier alpha value is -0.820. The summed E-state index contributed by atoms with van der Waals surface area (Å²) >= 11 is 0. The Morgan fingerprint density at radius 2 is 1.92 bits per heavy atom. The van der Waals surface area contributed by atoms with E-state index < -0.39 is 0 Å². The van der Waals surface area contributed by atoms with Crippen LogP contribution in [0.2, 0.25) is 0 Å². The standard InChI is InChI=1S/C12H17N/c1-9(2)12-7-10-5-3-4-6-11(10)8-13-12/h3-6,9,12-13H,7-8H2,1-2H3/t12-/m1/s1. The fourth-order valence-electron chi connectivity index (χ4n) is 1.95. The topological polar surface area (TPSA) is 12.0 Å². The van der Waals surface area contributed by atoms with Crippen LogP contribution in [-0.4, -0.2) is 6.04 Å². The highest BCUT2D eigenvalue weighted by Crippen LogP contribution is 2.19. The summed E-state index contributed by atoms with van der Waals surface area (Å²) in [5, 5.41) is 3.57. The summed E-state index contributed by atoms with van der Waals surface area (Å²) in [7, 11) is 0. The molecule has 1 heterocycles. The molecule has 1 N–H and O–H groups in total. The lowest BCUT2D eigenvalue weighted by Crippen LogP contribution is -2.39. The van der Waals surface area contributed by atoms with Gasteiger partial charge in [-0.05, 0) is 23.5 Å². The van der Waals surface area contributed by atoms with Gasteiger partial charge in [0.2, 0.25) is 0 Å². The predicted octanol–water partition coefficient (Wildman–Crippen LogP) is 2.36. The molecule has 2 rings (SSSR count). The first-order chi connectivity index (χ1) is 6.27. The van der Waals surface area contributed by atoms with Gasteiger partial charge in [-0.25, -0.2) is 0 Å². The second-order valence-corrected chi connectivity index (χ2v) is 4.20. The van der Waals surface area contributed by atoms with Crippen LogP contribution in [-0.2, 0) is 13.0 Å². The summed E-state index contributed by atoms with van der Waals surface area (Å²) in [5.41, 5.74) is 3.00. The lowest BCUT2D eigenvalue weighted by atomic mass is 9.90. The van der Waals surface area contributed by atoms with Crippen molar-refractivity contribution in [3.8, 4) is 0 Å². The first kappa shape index (κ1) is 8.76. The molecular weight excluding hydrogens is 158 g/mol. The maximum atomic E-state index is 3.57. The third-order valence-electron chi connectivity index (χ3n) is 2.92. The molecule has 1 aliphatic rings. The van der Waals surface area contributed by atoms with Crippen LogP contribution in [0.3, 0.4) is 0 Å². The molecule has 0 saturated heterocycles. The van der Waals surface area contributed by atoms with Crippen molar-refractivity contribution in [3.05, 3.63) is 35.4 Å². The molecule has 1 atom stereocenters. The molecule has 0 amide bonds. The van der Waals surface area contributed by atoms with Crippen LogP contribution in [0.1, 0.15) is 25.0 Å². The molecule has 0 fully saturated rings. The van der Waals surface area contributed by atoms with Gasteiger partial charge < -0.3 is 5.32 Å². The zero-order valence-electron chi connectivity index (χ0n) is 8.38. The van der Waals surface area contributed by atoms with Crippen molar-refractivity contribution >= 4 is 0 Å². The number of rotatable bonds is 1. The summed E-state index contributed by atoms with van der Waals surface area (Å²) in [5.74, 6) is 0.730. The van der Waals surface area contributed by atoms with Crippen molar-refractivity contribution in [1.82, 2.24) is 5.32 Å². The maximum absolute atomic E-state index is 3.57. The van der Waals surface area contributed by atoms with Crippen molar-refractivity contribution < 1.29 is 0 Å². The molecule has 0 unspecified atom stereocenters. The summed E-state index contributed by atoms with van der Waals surface area (Å²) < 4.78 is 0. The molecule has 1 aliphatic heterocycles. The van der Waals surface area contributed by atoms with Gasteiger partial charge in [0, 0.05) is 12.6 Å². The molecule has 0 spiro atoms. The number of fused-ring (bicyclic) bond motifs is 1. The summed E-state index contributed by atoms with van der Waals surface area (Å²) in [6, 6.07) is 9.40. The van der Waals surface area contributed by atoms with Crippen LogP contribution in [0, 0.1) is 5.92 Å². The monoisotopic (exact) mass is 175 g/mol. The van der Waals surface area contributed by atoms with Crippen molar-refractivity contribution in [2.75, 3.05) is 0 Å². The van der Waals surface area contributed by atoms with Gasteiger partial charge in [-0.2, -0.15) is 0 Å². The average Bonchev–Trinajstić information content (AvgIpc) is 2.17. The third kappa shape index (κ3) is 1.75. The molecular formula is C12H17N. The van der Waals surface area contributed by atoms with Gasteiger partial charge >= 0.3 is 0 Å². The minimum atomic E-state index is 0.662. The number of benzene rings is 1. The van der Waals surface area contributed by atoms with Gasteiger partial charge in [0.15, 0.2) is 0 Å². The van der Waals surface area contributed by atoms with Gasteiger partial charge in [-0.3, -0.25) is 0 Å². The Morgan fingerprint density at radius 3 is 2.62 bits per heavy atom. The second-order valence-electron chi connectivity index (χ2n) is 4.20. The van der Waals surface area contributed by atoms with Crippen molar-refractivity contribution in [3.63, 3.8) is 0 Å². The van der Waals surface area contributed by atoms with Crippen LogP contribution in [0.25, 0.3) is 0 Å². The van der Waals surface area contributed by atoms with Crippen LogP contribution in [0.4, 0.5) is 0 Å². The van der Waals surface area contributed by atoms with Crippen LogP contribution >= 0.6 is 0 Å². The smallest absolute Gasteiger partial charge is 0.0211 e. The molecule has 0 saturated carbocycles. The molecule has 13 heavy (non-hydrogen) atoms. The Morgan fingerprint density at radius 1 is 1.23 bits per heavy atom. The van der Waals surface area contributed by atoms with Gasteiger partial charge in [0.05, 0.1) is 0 Å². The molecule has 0 radical (unpaired) electrons. The Labute approximate surface area is 80.2 Å². The lowest BCUT2D eigenvalue weighted by molar-refractivity contribution is 0.377. The van der Waals surface area contributed by atoms with E-state index in [1.54, 1.807) is 0 Å². The lowest BCUT2D eigenvalue weighted by Gasteiger charge is -2.28. The minimum absolute atomic E-state index is 0.662. The van der Waals surface area contributed by atoms with E-state index in [1.807, 2.05) is 0 Å². The molecule has 0 aliphatic carbocycles. The highest BCUT2D eigenvalue weighted by atomic mass is 14.9. The summed E-state index contributed by atoms with van der Waals surface area (Å²) in [4.78, 5) is 0. The van der Waals surface area contributed by atoms with E-state index in [0.29, 0.717) is 6.04 Å². The molecule has 1 aromatic carbocycles. The first-order valence-electron chi connectivity index (χ1n) is 5.07. The van der Waals surface area contributed by atoms with Gasteiger partial charge in [-0.15, -0.1) is 0 Å². The molecule has 1 nitrogen and oxygen atoms in total. The van der Waals surface area contributed by atoms with Gasteiger partial charge in [0.25, 0.3) is 0 Å². The Bertz CT molecular complexity index is 291. The summed E-state index contributed by atoms with van der Waals surface area (Å²) in [6.45, 7) is 5.61. The second kappa shape index (κ2) is 3.51. The van der Waals surface area contributed by atoms with Crippen molar-refractivity contribution in [2.45, 2.75) is 32.9 Å². The molecule has 0 aromatic heterocycles. The first-order valence-corrected chi connectivity index (χ1v) is 5.07. The van der Waals surface area contributed by atoms with E-state index in [4.69, 9.17) is 0 Å². The Kier molecular flexibility index (Phi) is 2.36. The quantitative estimate of drug-likeness (QED) is 0.691. The Balaban J connectivity index is 2.20. The van der Waals surface area contributed by atoms with E-state index >= 15 is 0 Å². The molecule has 0 bridgehead atoms. The minimum Gasteiger partial charge on any atom is -0.309 e. The van der Waals surface area contributed by atoms with E-state index in [1.165, 1.54) is 17.5 Å². The fraction of sp³-hybridized carbons (Fsp3) is 0.500. The third-order valence-corrected chi connectivity index (χ3v) is 2.92. The van der Waals surface area contributed by atoms with E-state index in [0.717, 1.165) is 12.5 Å². The normalized spacial score (nSPS) is 21.6. The SMILES string of the molecule is CC(C)[C@H]1Cc2ccccc2CN1. The van der Waals surface area contributed by atoms with E-state index in [2.05, 4.69) is 43.4 Å². The largest absolute Gasteiger partial charge is 0.309 e. The van der Waals surface area contributed by atoms with Gasteiger partial charge in [-0.1, -0.05) is 38.1 Å². The van der Waals surface area contributed by atoms with Crippen molar-refractivity contribution in [1.29, 1.82) is 0 Å². The van der Waals surface area contributed by atoms with E-state index in [9.17, 15) is 0 Å². The highest BCUT2D eigenvalue weighted by Gasteiger charge is 2.19. The average molecular weight is 175 g/mol.